The van der Waals surface area contributed by atoms with Crippen LogP contribution in [0, 0.1) is 5.92 Å². The highest BCUT2D eigenvalue weighted by molar-refractivity contribution is 5.86. The van der Waals surface area contributed by atoms with E-state index in [9.17, 15) is 14.4 Å². The minimum absolute atomic E-state index is 0.196. The molecule has 0 aromatic rings. The van der Waals surface area contributed by atoms with E-state index in [-0.39, 0.29) is 11.8 Å². The van der Waals surface area contributed by atoms with E-state index in [1.165, 1.54) is 0 Å². The van der Waals surface area contributed by atoms with E-state index in [1.54, 1.807) is 0 Å². The van der Waals surface area contributed by atoms with E-state index < -0.39 is 25.0 Å². The van der Waals surface area contributed by atoms with Crippen molar-refractivity contribution in [2.24, 2.45) is 5.92 Å². The maximum Gasteiger partial charge on any atom is 0.323 e. The molecule has 0 atom stereocenters. The molecule has 1 saturated carbocycles. The average Bonchev–Trinajstić information content (AvgIpc) is 2.66. The minimum Gasteiger partial charge on any atom is -0.480 e. The minimum atomic E-state index is -1.19. The molecule has 6 nitrogen and oxygen atoms in total. The molecule has 0 aromatic heterocycles. The first kappa shape index (κ1) is 12.5. The van der Waals surface area contributed by atoms with Gasteiger partial charge in [0.2, 0.25) is 5.91 Å². The molecule has 1 aliphatic rings. The van der Waals surface area contributed by atoms with Crippen molar-refractivity contribution in [1.29, 1.82) is 0 Å². The molecule has 0 unspecified atom stereocenters. The number of aliphatic carboxylic acids is 2. The third-order valence-electron chi connectivity index (χ3n) is 2.67. The predicted octanol–water partition coefficient (Wildman–Crippen LogP) is 0.174. The molecule has 0 heterocycles. The number of hydrogen-bond acceptors (Lipinski definition) is 3. The molecular formula is C10H15NO5. The van der Waals surface area contributed by atoms with Gasteiger partial charge in [0, 0.05) is 5.92 Å². The Morgan fingerprint density at radius 3 is 1.81 bits per heavy atom. The molecule has 0 aliphatic heterocycles. The number of nitrogens with zero attached hydrogens (tertiary/aromatic N) is 1. The van der Waals surface area contributed by atoms with Gasteiger partial charge in [0.15, 0.2) is 0 Å². The predicted molar refractivity (Wildman–Crippen MR) is 53.8 cm³/mol. The first-order chi connectivity index (χ1) is 7.50. The van der Waals surface area contributed by atoms with Crippen LogP contribution in [-0.2, 0) is 14.4 Å². The number of rotatable bonds is 5. The fourth-order valence-electron chi connectivity index (χ4n) is 1.97. The fraction of sp³-hybridized carbons (Fsp3) is 0.700. The molecule has 2 N–H and O–H groups in total. The Hall–Kier alpha value is -1.59. The molecule has 0 saturated heterocycles. The summed E-state index contributed by atoms with van der Waals surface area (Å²) >= 11 is 0. The summed E-state index contributed by atoms with van der Waals surface area (Å²) in [5, 5.41) is 17.2. The van der Waals surface area contributed by atoms with Crippen molar-refractivity contribution in [3.05, 3.63) is 0 Å². The molecule has 0 bridgehead atoms. The molecule has 0 radical (unpaired) electrons. The molecule has 0 spiro atoms. The van der Waals surface area contributed by atoms with Crippen molar-refractivity contribution in [3.8, 4) is 0 Å². The molecule has 6 heteroatoms. The van der Waals surface area contributed by atoms with Gasteiger partial charge in [0.1, 0.15) is 13.1 Å². The van der Waals surface area contributed by atoms with Gasteiger partial charge in [0.05, 0.1) is 0 Å². The Labute approximate surface area is 92.9 Å². The van der Waals surface area contributed by atoms with Gasteiger partial charge in [-0.05, 0) is 12.8 Å². The van der Waals surface area contributed by atoms with Crippen LogP contribution >= 0.6 is 0 Å². The van der Waals surface area contributed by atoms with Gasteiger partial charge in [-0.3, -0.25) is 14.4 Å². The van der Waals surface area contributed by atoms with Crippen molar-refractivity contribution in [3.63, 3.8) is 0 Å². The van der Waals surface area contributed by atoms with Crippen LogP contribution in [0.5, 0.6) is 0 Å². The zero-order chi connectivity index (χ0) is 12.1. The lowest BCUT2D eigenvalue weighted by atomic mass is 10.1. The first-order valence-corrected chi connectivity index (χ1v) is 5.23. The SMILES string of the molecule is O=C(O)CN(CC(=O)O)C(=O)C1CCCC1. The maximum atomic E-state index is 11.8. The van der Waals surface area contributed by atoms with Crippen molar-refractivity contribution < 1.29 is 24.6 Å². The van der Waals surface area contributed by atoms with Crippen molar-refractivity contribution in [1.82, 2.24) is 4.90 Å². The average molecular weight is 229 g/mol. The maximum absolute atomic E-state index is 11.8. The number of carbonyl (C=O) groups is 3. The number of carbonyl (C=O) groups excluding carboxylic acids is 1. The van der Waals surface area contributed by atoms with Crippen molar-refractivity contribution in [2.45, 2.75) is 25.7 Å². The van der Waals surface area contributed by atoms with E-state index >= 15 is 0 Å². The topological polar surface area (TPSA) is 94.9 Å². The van der Waals surface area contributed by atoms with Crippen LogP contribution in [0.1, 0.15) is 25.7 Å². The van der Waals surface area contributed by atoms with Gasteiger partial charge >= 0.3 is 11.9 Å². The highest BCUT2D eigenvalue weighted by atomic mass is 16.4. The van der Waals surface area contributed by atoms with Crippen LogP contribution in [0.25, 0.3) is 0 Å². The van der Waals surface area contributed by atoms with E-state index in [4.69, 9.17) is 10.2 Å². The first-order valence-electron chi connectivity index (χ1n) is 5.23. The summed E-state index contributed by atoms with van der Waals surface area (Å²) < 4.78 is 0. The fourth-order valence-corrected chi connectivity index (χ4v) is 1.97. The molecule has 1 fully saturated rings. The standard InChI is InChI=1S/C10H15NO5/c12-8(13)5-11(6-9(14)15)10(16)7-3-1-2-4-7/h7H,1-6H2,(H,12,13)(H,14,15). The van der Waals surface area contributed by atoms with Gasteiger partial charge in [0.25, 0.3) is 0 Å². The molecular weight excluding hydrogens is 214 g/mol. The zero-order valence-electron chi connectivity index (χ0n) is 8.89. The van der Waals surface area contributed by atoms with Gasteiger partial charge in [-0.15, -0.1) is 0 Å². The number of carboxylic acid groups (broad SMARTS) is 2. The normalized spacial score (nSPS) is 16.0. The van der Waals surface area contributed by atoms with Crippen LogP contribution in [-0.4, -0.2) is 46.0 Å². The van der Waals surface area contributed by atoms with Gasteiger partial charge in [-0.25, -0.2) is 0 Å². The van der Waals surface area contributed by atoms with Crippen LogP contribution in [0.4, 0.5) is 0 Å². The van der Waals surface area contributed by atoms with E-state index in [0.29, 0.717) is 0 Å². The van der Waals surface area contributed by atoms with Crippen molar-refractivity contribution >= 4 is 17.8 Å². The molecule has 1 amide bonds. The number of carboxylic acids is 2. The van der Waals surface area contributed by atoms with Crippen LogP contribution < -0.4 is 0 Å². The highest BCUT2D eigenvalue weighted by Gasteiger charge is 2.29. The summed E-state index contributed by atoms with van der Waals surface area (Å²) in [6.07, 6.45) is 3.36. The van der Waals surface area contributed by atoms with E-state index in [1.807, 2.05) is 0 Å². The Bertz CT molecular complexity index is 280. The lowest BCUT2D eigenvalue weighted by Crippen LogP contribution is -2.42. The van der Waals surface area contributed by atoms with E-state index in [2.05, 4.69) is 0 Å². The van der Waals surface area contributed by atoms with Crippen molar-refractivity contribution in [2.75, 3.05) is 13.1 Å². The monoisotopic (exact) mass is 229 g/mol. The van der Waals surface area contributed by atoms with Crippen LogP contribution in [0.3, 0.4) is 0 Å². The molecule has 16 heavy (non-hydrogen) atoms. The third-order valence-corrected chi connectivity index (χ3v) is 2.67. The smallest absolute Gasteiger partial charge is 0.323 e. The molecule has 1 rings (SSSR count). The number of hydrogen-bond donors (Lipinski definition) is 2. The lowest BCUT2D eigenvalue weighted by molar-refractivity contribution is -0.151. The van der Waals surface area contributed by atoms with Gasteiger partial charge in [-0.2, -0.15) is 0 Å². The second kappa shape index (κ2) is 5.48. The lowest BCUT2D eigenvalue weighted by Gasteiger charge is -2.21. The largest absolute Gasteiger partial charge is 0.480 e. The zero-order valence-corrected chi connectivity index (χ0v) is 8.89. The van der Waals surface area contributed by atoms with E-state index in [0.717, 1.165) is 30.6 Å². The second-order valence-corrected chi connectivity index (χ2v) is 3.96. The third kappa shape index (κ3) is 3.52. The molecule has 1 aliphatic carbocycles. The molecule has 0 aromatic carbocycles. The summed E-state index contributed by atoms with van der Waals surface area (Å²) in [5.41, 5.74) is 0. The quantitative estimate of drug-likeness (QED) is 0.701. The van der Waals surface area contributed by atoms with Gasteiger partial charge in [-0.1, -0.05) is 12.8 Å². The summed E-state index contributed by atoms with van der Waals surface area (Å²) in [6.45, 7) is -1.08. The summed E-state index contributed by atoms with van der Waals surface area (Å²) in [4.78, 5) is 33.8. The number of amides is 1. The van der Waals surface area contributed by atoms with Gasteiger partial charge < -0.3 is 15.1 Å². The summed E-state index contributed by atoms with van der Waals surface area (Å²) in [7, 11) is 0. The second-order valence-electron chi connectivity index (χ2n) is 3.96. The van der Waals surface area contributed by atoms with Crippen LogP contribution in [0.2, 0.25) is 0 Å². The Kier molecular flexibility index (Phi) is 4.28. The highest BCUT2D eigenvalue weighted by Crippen LogP contribution is 2.26. The van der Waals surface area contributed by atoms with Crippen LogP contribution in [0.15, 0.2) is 0 Å². The Morgan fingerprint density at radius 2 is 1.44 bits per heavy atom. The Balaban J connectivity index is 2.62. The summed E-state index contributed by atoms with van der Waals surface area (Å²) in [6, 6.07) is 0. The Morgan fingerprint density at radius 1 is 1.00 bits per heavy atom. The summed E-state index contributed by atoms with van der Waals surface area (Å²) in [5.74, 6) is -2.92. The molecule has 90 valence electrons.